The Hall–Kier alpha value is -5.10. The highest BCUT2D eigenvalue weighted by molar-refractivity contribution is 5.99. The van der Waals surface area contributed by atoms with E-state index in [9.17, 15) is 0 Å². The molecule has 6 aromatic heterocycles. The maximum atomic E-state index is 5.12. The number of rotatable bonds is 3. The molecule has 0 amide bonds. The molecule has 2 N–H and O–H groups in total. The Labute approximate surface area is 206 Å². The van der Waals surface area contributed by atoms with E-state index in [2.05, 4.69) is 79.5 Å². The largest absolute Gasteiger partial charge is 0.354 e. The summed E-state index contributed by atoms with van der Waals surface area (Å²) in [7, 11) is 0. The number of pyridine rings is 3. The van der Waals surface area contributed by atoms with Gasteiger partial charge in [-0.2, -0.15) is 0 Å². The van der Waals surface area contributed by atoms with Gasteiger partial charge in [0, 0.05) is 92.6 Å². The molecule has 7 heterocycles. The van der Waals surface area contributed by atoms with Crippen molar-refractivity contribution < 1.29 is 0 Å². The molecule has 1 aliphatic heterocycles. The van der Waals surface area contributed by atoms with Crippen LogP contribution in [0.5, 0.6) is 0 Å². The van der Waals surface area contributed by atoms with Crippen LogP contribution in [0.4, 0.5) is 0 Å². The van der Waals surface area contributed by atoms with E-state index in [-0.39, 0.29) is 0 Å². The van der Waals surface area contributed by atoms with Gasteiger partial charge in [0.25, 0.3) is 0 Å². The lowest BCUT2D eigenvalue weighted by atomic mass is 10.1. The average molecular weight is 465 g/mol. The molecule has 170 valence electrons. The van der Waals surface area contributed by atoms with Crippen molar-refractivity contribution in [3.63, 3.8) is 0 Å². The molecule has 0 aliphatic carbocycles. The summed E-state index contributed by atoms with van der Waals surface area (Å²) >= 11 is 0. The second kappa shape index (κ2) is 8.29. The van der Waals surface area contributed by atoms with Crippen LogP contribution in [0.2, 0.25) is 0 Å². The minimum Gasteiger partial charge on any atom is -0.354 e. The van der Waals surface area contributed by atoms with Crippen molar-refractivity contribution in [3.8, 4) is 33.4 Å². The molecule has 0 unspecified atom stereocenters. The summed E-state index contributed by atoms with van der Waals surface area (Å²) in [5.41, 5.74) is 11.7. The van der Waals surface area contributed by atoms with Gasteiger partial charge in [-0.3, -0.25) is 15.0 Å². The fourth-order valence-electron chi connectivity index (χ4n) is 4.88. The van der Waals surface area contributed by atoms with Gasteiger partial charge in [0.1, 0.15) is 0 Å². The molecule has 0 aromatic carbocycles. The maximum absolute atomic E-state index is 5.12. The quantitative estimate of drug-likeness (QED) is 0.300. The summed E-state index contributed by atoms with van der Waals surface area (Å²) in [5.74, 6) is 0. The van der Waals surface area contributed by atoms with E-state index in [1.54, 1.807) is 18.6 Å². The Kier molecular flexibility index (Phi) is 4.67. The molecule has 0 spiro atoms. The molecular formula is C30H20N6. The highest BCUT2D eigenvalue weighted by atomic mass is 14.8. The molecule has 6 nitrogen and oxygen atoms in total. The predicted octanol–water partition coefficient (Wildman–Crippen LogP) is 6.84. The predicted molar refractivity (Wildman–Crippen MR) is 144 cm³/mol. The lowest BCUT2D eigenvalue weighted by Gasteiger charge is -2.06. The Morgan fingerprint density at radius 1 is 0.444 bits per heavy atom. The molecule has 6 bridgehead atoms. The minimum atomic E-state index is 0.878. The van der Waals surface area contributed by atoms with Gasteiger partial charge in [0.2, 0.25) is 0 Å². The third kappa shape index (κ3) is 3.35. The number of nitrogens with one attached hydrogen (secondary N) is 2. The third-order valence-electron chi connectivity index (χ3n) is 6.45. The molecule has 0 atom stereocenters. The van der Waals surface area contributed by atoms with E-state index in [4.69, 9.17) is 4.98 Å². The number of hydrogen-bond donors (Lipinski definition) is 2. The van der Waals surface area contributed by atoms with Gasteiger partial charge >= 0.3 is 0 Å². The van der Waals surface area contributed by atoms with E-state index in [1.165, 1.54) is 0 Å². The number of aromatic nitrogens is 6. The second-order valence-electron chi connectivity index (χ2n) is 8.64. The molecule has 0 saturated heterocycles. The Bertz CT molecular complexity index is 1700. The van der Waals surface area contributed by atoms with Crippen LogP contribution in [0.15, 0.2) is 97.8 Å². The zero-order chi connectivity index (χ0) is 23.9. The number of hydrogen-bond acceptors (Lipinski definition) is 4. The summed E-state index contributed by atoms with van der Waals surface area (Å²) in [4.78, 5) is 25.6. The van der Waals surface area contributed by atoms with Crippen molar-refractivity contribution >= 4 is 34.2 Å². The highest BCUT2D eigenvalue weighted by Gasteiger charge is 2.17. The van der Waals surface area contributed by atoms with Crippen LogP contribution < -0.4 is 0 Å². The summed E-state index contributed by atoms with van der Waals surface area (Å²) in [6.45, 7) is 0. The van der Waals surface area contributed by atoms with Gasteiger partial charge in [-0.1, -0.05) is 18.2 Å². The first-order chi connectivity index (χ1) is 17.8. The highest BCUT2D eigenvalue weighted by Crippen LogP contribution is 2.36. The molecule has 0 radical (unpaired) electrons. The van der Waals surface area contributed by atoms with Crippen molar-refractivity contribution in [3.05, 3.63) is 109 Å². The van der Waals surface area contributed by atoms with Crippen molar-refractivity contribution in [1.29, 1.82) is 0 Å². The van der Waals surface area contributed by atoms with Crippen molar-refractivity contribution in [2.75, 3.05) is 0 Å². The van der Waals surface area contributed by atoms with Crippen molar-refractivity contribution in [2.45, 2.75) is 0 Å². The van der Waals surface area contributed by atoms with E-state index in [1.807, 2.05) is 36.8 Å². The number of H-pyrrole nitrogens is 2. The first-order valence-corrected chi connectivity index (χ1v) is 11.7. The number of nitrogens with zero attached hydrogens (tertiary/aromatic N) is 4. The monoisotopic (exact) mass is 464 g/mol. The minimum absolute atomic E-state index is 0.878. The molecule has 6 heteroatoms. The lowest BCUT2D eigenvalue weighted by Crippen LogP contribution is -1.89. The van der Waals surface area contributed by atoms with E-state index >= 15 is 0 Å². The summed E-state index contributed by atoms with van der Waals surface area (Å²) < 4.78 is 0. The van der Waals surface area contributed by atoms with E-state index in [0.29, 0.717) is 0 Å². The molecule has 1 aliphatic rings. The normalized spacial score (nSPS) is 11.8. The molecule has 0 fully saturated rings. The zero-order valence-electron chi connectivity index (χ0n) is 19.2. The lowest BCUT2D eigenvalue weighted by molar-refractivity contribution is 1.29. The van der Waals surface area contributed by atoms with Gasteiger partial charge in [0.15, 0.2) is 0 Å². The van der Waals surface area contributed by atoms with Gasteiger partial charge in [0.05, 0.1) is 11.4 Å². The van der Waals surface area contributed by atoms with Crippen molar-refractivity contribution in [2.24, 2.45) is 0 Å². The fraction of sp³-hybridized carbons (Fsp3) is 0. The second-order valence-corrected chi connectivity index (χ2v) is 8.64. The molecule has 7 rings (SSSR count). The Balaban J connectivity index is 1.69. The summed E-state index contributed by atoms with van der Waals surface area (Å²) in [5, 5.41) is 0. The number of aromatic amines is 2. The van der Waals surface area contributed by atoms with Crippen molar-refractivity contribution in [1.82, 2.24) is 29.9 Å². The van der Waals surface area contributed by atoms with Crippen LogP contribution in [-0.4, -0.2) is 29.9 Å². The maximum Gasteiger partial charge on any atom is 0.0737 e. The first-order valence-electron chi connectivity index (χ1n) is 11.7. The van der Waals surface area contributed by atoms with Gasteiger partial charge in [-0.25, -0.2) is 4.98 Å². The van der Waals surface area contributed by atoms with Crippen LogP contribution in [0.1, 0.15) is 11.4 Å². The standard InChI is InChI=1S/C30H20N6/c1-4-19(16-31-13-1)28-22-7-9-24(34-22)29(20-5-2-14-32-17-20)26-11-12-27(36-26)30(21-6-3-15-33-18-21)25-10-8-23(28)35-25/h1-18,34-35H. The van der Waals surface area contributed by atoms with Crippen LogP contribution in [-0.2, 0) is 0 Å². The Morgan fingerprint density at radius 3 is 1.22 bits per heavy atom. The first kappa shape index (κ1) is 20.3. The summed E-state index contributed by atoms with van der Waals surface area (Å²) in [6.07, 6.45) is 15.2. The van der Waals surface area contributed by atoms with Crippen LogP contribution in [0.3, 0.4) is 0 Å². The molecular weight excluding hydrogens is 444 g/mol. The van der Waals surface area contributed by atoms with Gasteiger partial charge < -0.3 is 9.97 Å². The van der Waals surface area contributed by atoms with E-state index in [0.717, 1.165) is 66.8 Å². The fourth-order valence-corrected chi connectivity index (χ4v) is 4.88. The topological polar surface area (TPSA) is 83.1 Å². The van der Waals surface area contributed by atoms with Crippen LogP contribution >= 0.6 is 0 Å². The van der Waals surface area contributed by atoms with Gasteiger partial charge in [-0.05, 0) is 54.6 Å². The molecule has 0 saturated carbocycles. The molecule has 6 aromatic rings. The molecule has 36 heavy (non-hydrogen) atoms. The van der Waals surface area contributed by atoms with Gasteiger partial charge in [-0.15, -0.1) is 0 Å². The SMILES string of the molecule is C1=Cc2nc1c(-c1cccnc1)c1ccc([nH]1)c(-c1cccnc1)c1ccc([nH]1)c2-c1cccnc1. The smallest absolute Gasteiger partial charge is 0.0737 e. The number of fused-ring (bicyclic) bond motifs is 6. The van der Waals surface area contributed by atoms with Crippen LogP contribution in [0, 0.1) is 0 Å². The summed E-state index contributed by atoms with van der Waals surface area (Å²) in [6, 6.07) is 20.5. The Morgan fingerprint density at radius 2 is 0.833 bits per heavy atom. The third-order valence-corrected chi connectivity index (χ3v) is 6.45. The average Bonchev–Trinajstić information content (AvgIpc) is 3.70. The van der Waals surface area contributed by atoms with Crippen LogP contribution in [0.25, 0.3) is 67.6 Å². The zero-order valence-corrected chi connectivity index (χ0v) is 19.2. The van der Waals surface area contributed by atoms with E-state index < -0.39 is 0 Å².